The van der Waals surface area contributed by atoms with E-state index in [1.165, 1.54) is 11.3 Å². The predicted octanol–water partition coefficient (Wildman–Crippen LogP) is 2.69. The molecule has 0 bridgehead atoms. The molecule has 0 aliphatic carbocycles. The number of halogens is 1. The van der Waals surface area contributed by atoms with Gasteiger partial charge in [-0.15, -0.1) is 11.3 Å². The third-order valence-electron chi connectivity index (χ3n) is 1.93. The van der Waals surface area contributed by atoms with E-state index in [1.54, 1.807) is 0 Å². The molecule has 1 aromatic heterocycles. The average molecular weight is 248 g/mol. The summed E-state index contributed by atoms with van der Waals surface area (Å²) in [6.45, 7) is 6.87. The monoisotopic (exact) mass is 247 g/mol. The summed E-state index contributed by atoms with van der Waals surface area (Å²) in [4.78, 5) is 1.13. The van der Waals surface area contributed by atoms with Gasteiger partial charge in [0.25, 0.3) is 0 Å². The van der Waals surface area contributed by atoms with Gasteiger partial charge in [0.05, 0.1) is 10.4 Å². The fraction of sp³-hybridized carbons (Fsp3) is 0.636. The molecule has 0 amide bonds. The van der Waals surface area contributed by atoms with Crippen molar-refractivity contribution in [2.75, 3.05) is 6.54 Å². The van der Waals surface area contributed by atoms with Crippen molar-refractivity contribution in [3.63, 3.8) is 0 Å². The first-order valence-electron chi connectivity index (χ1n) is 5.04. The molecule has 4 heteroatoms. The van der Waals surface area contributed by atoms with E-state index in [-0.39, 0.29) is 11.6 Å². The minimum Gasteiger partial charge on any atom is -0.391 e. The molecule has 0 spiro atoms. The summed E-state index contributed by atoms with van der Waals surface area (Å²) in [6.07, 6.45) is 0.319. The van der Waals surface area contributed by atoms with Gasteiger partial charge in [-0.2, -0.15) is 0 Å². The second kappa shape index (κ2) is 5.30. The lowest BCUT2D eigenvalue weighted by atomic mass is 10.1. The molecule has 15 heavy (non-hydrogen) atoms. The maximum Gasteiger partial charge on any atom is 0.0931 e. The van der Waals surface area contributed by atoms with Gasteiger partial charge in [-0.05, 0) is 32.9 Å². The highest BCUT2D eigenvalue weighted by Gasteiger charge is 2.13. The third kappa shape index (κ3) is 5.52. The Morgan fingerprint density at radius 2 is 2.13 bits per heavy atom. The highest BCUT2D eigenvalue weighted by molar-refractivity contribution is 7.16. The molecular weight excluding hydrogens is 230 g/mol. The van der Waals surface area contributed by atoms with Gasteiger partial charge in [-0.3, -0.25) is 0 Å². The Labute approximate surface area is 100 Å². The topological polar surface area (TPSA) is 32.3 Å². The Kier molecular flexibility index (Phi) is 4.59. The quantitative estimate of drug-likeness (QED) is 0.858. The van der Waals surface area contributed by atoms with E-state index in [0.29, 0.717) is 13.0 Å². The Bertz CT molecular complexity index is 306. The van der Waals surface area contributed by atoms with Gasteiger partial charge in [0.15, 0.2) is 0 Å². The number of aliphatic hydroxyl groups excluding tert-OH is 1. The number of aliphatic hydroxyl groups is 1. The van der Waals surface area contributed by atoms with E-state index in [2.05, 4.69) is 26.1 Å². The number of rotatable bonds is 4. The molecule has 0 saturated heterocycles. The highest BCUT2D eigenvalue weighted by atomic mass is 35.5. The minimum absolute atomic E-state index is 0.0497. The van der Waals surface area contributed by atoms with Crippen LogP contribution in [0.3, 0.4) is 0 Å². The van der Waals surface area contributed by atoms with Crippen molar-refractivity contribution in [3.8, 4) is 0 Å². The van der Waals surface area contributed by atoms with E-state index < -0.39 is 0 Å². The molecule has 1 rings (SSSR count). The molecule has 1 unspecified atom stereocenters. The normalized spacial score (nSPS) is 14.2. The minimum atomic E-state index is -0.348. The maximum absolute atomic E-state index is 9.78. The van der Waals surface area contributed by atoms with Crippen LogP contribution in [-0.2, 0) is 6.42 Å². The molecule has 1 atom stereocenters. The molecule has 0 radical (unpaired) electrons. The smallest absolute Gasteiger partial charge is 0.0931 e. The molecule has 0 fully saturated rings. The summed E-state index contributed by atoms with van der Waals surface area (Å²) in [5.74, 6) is 0. The first kappa shape index (κ1) is 13.0. The first-order valence-corrected chi connectivity index (χ1v) is 6.23. The molecule has 86 valence electrons. The van der Waals surface area contributed by atoms with Crippen LogP contribution in [-0.4, -0.2) is 23.3 Å². The fourth-order valence-electron chi connectivity index (χ4n) is 1.19. The molecule has 0 saturated carbocycles. The standard InChI is InChI=1S/C11H18ClNOS/c1-11(2,3)13-7-8(14)6-9-4-5-10(12)15-9/h4-5,8,13-14H,6-7H2,1-3H3. The molecule has 1 aromatic rings. The third-order valence-corrected chi connectivity index (χ3v) is 3.19. The van der Waals surface area contributed by atoms with Crippen molar-refractivity contribution < 1.29 is 5.11 Å². The SMILES string of the molecule is CC(C)(C)NCC(O)Cc1ccc(Cl)s1. The van der Waals surface area contributed by atoms with Gasteiger partial charge < -0.3 is 10.4 Å². The molecular formula is C11H18ClNOS. The molecule has 2 nitrogen and oxygen atoms in total. The largest absolute Gasteiger partial charge is 0.391 e. The Balaban J connectivity index is 2.33. The van der Waals surface area contributed by atoms with Gasteiger partial charge in [0, 0.05) is 23.4 Å². The van der Waals surface area contributed by atoms with Crippen LogP contribution in [0, 0.1) is 0 Å². The van der Waals surface area contributed by atoms with Crippen LogP contribution < -0.4 is 5.32 Å². The summed E-state index contributed by atoms with van der Waals surface area (Å²) in [7, 11) is 0. The van der Waals surface area contributed by atoms with Crippen molar-refractivity contribution in [2.24, 2.45) is 0 Å². The lowest BCUT2D eigenvalue weighted by Gasteiger charge is -2.22. The lowest BCUT2D eigenvalue weighted by Crippen LogP contribution is -2.41. The van der Waals surface area contributed by atoms with E-state index >= 15 is 0 Å². The van der Waals surface area contributed by atoms with E-state index in [4.69, 9.17) is 11.6 Å². The average Bonchev–Trinajstić information content (AvgIpc) is 2.47. The number of β-amino-alcohol motifs (C(OH)–C–C–N with tert-alkyl or cyclic N) is 1. The summed E-state index contributed by atoms with van der Waals surface area (Å²) in [6, 6.07) is 3.83. The summed E-state index contributed by atoms with van der Waals surface area (Å²) in [5.41, 5.74) is 0.0497. The van der Waals surface area contributed by atoms with Crippen LogP contribution in [0.1, 0.15) is 25.6 Å². The second-order valence-electron chi connectivity index (χ2n) is 4.69. The zero-order valence-corrected chi connectivity index (χ0v) is 11.0. The van der Waals surface area contributed by atoms with Crippen molar-refractivity contribution in [2.45, 2.75) is 38.8 Å². The Hall–Kier alpha value is -0.0900. The van der Waals surface area contributed by atoms with Crippen LogP contribution in [0.5, 0.6) is 0 Å². The van der Waals surface area contributed by atoms with Gasteiger partial charge in [-0.25, -0.2) is 0 Å². The predicted molar refractivity (Wildman–Crippen MR) is 66.8 cm³/mol. The zero-order valence-electron chi connectivity index (χ0n) is 9.38. The zero-order chi connectivity index (χ0) is 11.5. The summed E-state index contributed by atoms with van der Waals surface area (Å²) >= 11 is 7.34. The van der Waals surface area contributed by atoms with Crippen LogP contribution >= 0.6 is 22.9 Å². The van der Waals surface area contributed by atoms with Crippen molar-refractivity contribution in [1.29, 1.82) is 0 Å². The van der Waals surface area contributed by atoms with Gasteiger partial charge in [-0.1, -0.05) is 11.6 Å². The highest BCUT2D eigenvalue weighted by Crippen LogP contribution is 2.22. The number of hydrogen-bond acceptors (Lipinski definition) is 3. The molecule has 0 aliphatic heterocycles. The van der Waals surface area contributed by atoms with Crippen molar-refractivity contribution in [3.05, 3.63) is 21.3 Å². The van der Waals surface area contributed by atoms with Crippen LogP contribution in [0.4, 0.5) is 0 Å². The number of thiophene rings is 1. The van der Waals surface area contributed by atoms with E-state index in [0.717, 1.165) is 9.21 Å². The van der Waals surface area contributed by atoms with Crippen LogP contribution in [0.25, 0.3) is 0 Å². The van der Waals surface area contributed by atoms with Gasteiger partial charge in [0.2, 0.25) is 0 Å². The first-order chi connectivity index (χ1) is 6.87. The van der Waals surface area contributed by atoms with E-state index in [9.17, 15) is 5.11 Å². The number of nitrogens with one attached hydrogen (secondary N) is 1. The van der Waals surface area contributed by atoms with Crippen molar-refractivity contribution >= 4 is 22.9 Å². The molecule has 0 aromatic carbocycles. The number of hydrogen-bond donors (Lipinski definition) is 2. The summed E-state index contributed by atoms with van der Waals surface area (Å²) in [5, 5.41) is 13.0. The lowest BCUT2D eigenvalue weighted by molar-refractivity contribution is 0.162. The fourth-order valence-corrected chi connectivity index (χ4v) is 2.35. The molecule has 1 heterocycles. The van der Waals surface area contributed by atoms with Crippen LogP contribution in [0.2, 0.25) is 4.34 Å². The molecule has 0 aliphatic rings. The summed E-state index contributed by atoms with van der Waals surface area (Å²) < 4.78 is 0.779. The van der Waals surface area contributed by atoms with Gasteiger partial charge in [0.1, 0.15) is 0 Å². The van der Waals surface area contributed by atoms with Crippen molar-refractivity contribution in [1.82, 2.24) is 5.32 Å². The van der Waals surface area contributed by atoms with Gasteiger partial charge >= 0.3 is 0 Å². The second-order valence-corrected chi connectivity index (χ2v) is 6.49. The molecule has 2 N–H and O–H groups in total. The van der Waals surface area contributed by atoms with E-state index in [1.807, 2.05) is 12.1 Å². The Morgan fingerprint density at radius 3 is 2.60 bits per heavy atom. The van der Waals surface area contributed by atoms with Crippen LogP contribution in [0.15, 0.2) is 12.1 Å². The Morgan fingerprint density at radius 1 is 1.47 bits per heavy atom. The maximum atomic E-state index is 9.78.